The van der Waals surface area contributed by atoms with Crippen molar-refractivity contribution < 1.29 is 14.4 Å². The van der Waals surface area contributed by atoms with Gasteiger partial charge in [-0.2, -0.15) is 0 Å². The zero-order chi connectivity index (χ0) is 18.9. The van der Waals surface area contributed by atoms with Crippen molar-refractivity contribution >= 4 is 29.5 Å². The van der Waals surface area contributed by atoms with E-state index in [0.29, 0.717) is 18.8 Å². The summed E-state index contributed by atoms with van der Waals surface area (Å²) in [5.74, 6) is -0.206. The van der Waals surface area contributed by atoms with Crippen molar-refractivity contribution in [2.75, 3.05) is 18.8 Å². The van der Waals surface area contributed by atoms with Crippen LogP contribution >= 0.6 is 11.8 Å². The molecular weight excluding hydrogens is 342 g/mol. The number of hydrogen-bond acceptors (Lipinski definition) is 6. The molecule has 9 heteroatoms. The smallest absolute Gasteiger partial charge is 0.240 e. The van der Waals surface area contributed by atoms with E-state index in [0.717, 1.165) is 0 Å². The Balaban J connectivity index is 1.87. The van der Waals surface area contributed by atoms with Gasteiger partial charge in [-0.15, -0.1) is 11.8 Å². The minimum Gasteiger partial charge on any atom is -0.368 e. The maximum atomic E-state index is 12.4. The second kappa shape index (κ2) is 7.51. The molecule has 3 atom stereocenters. The number of amides is 3. The van der Waals surface area contributed by atoms with Gasteiger partial charge in [-0.1, -0.05) is 27.7 Å². The first-order chi connectivity index (χ1) is 11.6. The third kappa shape index (κ3) is 4.27. The van der Waals surface area contributed by atoms with Crippen molar-refractivity contribution in [2.24, 2.45) is 23.3 Å². The molecule has 0 saturated carbocycles. The first-order valence-corrected chi connectivity index (χ1v) is 9.60. The van der Waals surface area contributed by atoms with Crippen LogP contribution in [0.5, 0.6) is 0 Å². The van der Waals surface area contributed by atoms with Crippen LogP contribution in [0.3, 0.4) is 0 Å². The lowest BCUT2D eigenvalue weighted by Gasteiger charge is -2.48. The van der Waals surface area contributed by atoms with E-state index in [1.165, 1.54) is 0 Å². The summed E-state index contributed by atoms with van der Waals surface area (Å²) in [7, 11) is 0. The van der Waals surface area contributed by atoms with Crippen molar-refractivity contribution in [3.05, 3.63) is 0 Å². The van der Waals surface area contributed by atoms with Gasteiger partial charge in [0.05, 0.1) is 25.2 Å². The lowest BCUT2D eigenvalue weighted by atomic mass is 9.99. The van der Waals surface area contributed by atoms with Gasteiger partial charge in [0, 0.05) is 5.75 Å². The van der Waals surface area contributed by atoms with E-state index in [2.05, 4.69) is 10.6 Å². The number of carbonyl (C=O) groups excluding carboxylic acids is 3. The Morgan fingerprint density at radius 3 is 2.28 bits per heavy atom. The topological polar surface area (TPSA) is 131 Å². The number of nitrogens with zero attached hydrogens (tertiary/aromatic N) is 1. The van der Waals surface area contributed by atoms with Crippen molar-refractivity contribution in [2.45, 2.75) is 50.7 Å². The molecule has 0 aromatic heterocycles. The van der Waals surface area contributed by atoms with E-state index in [1.54, 1.807) is 16.7 Å². The van der Waals surface area contributed by atoms with Gasteiger partial charge in [-0.3, -0.25) is 19.7 Å². The third-order valence-corrected chi connectivity index (χ3v) is 6.19. The Labute approximate surface area is 152 Å². The van der Waals surface area contributed by atoms with Crippen LogP contribution in [0, 0.1) is 11.8 Å². The van der Waals surface area contributed by atoms with Gasteiger partial charge < -0.3 is 21.7 Å². The normalized spacial score (nSPS) is 24.3. The first kappa shape index (κ1) is 20.0. The molecule has 0 bridgehead atoms. The Kier molecular flexibility index (Phi) is 6.01. The van der Waals surface area contributed by atoms with E-state index in [-0.39, 0.29) is 28.5 Å². The third-order valence-electron chi connectivity index (χ3n) is 4.76. The maximum Gasteiger partial charge on any atom is 0.240 e. The van der Waals surface area contributed by atoms with Gasteiger partial charge >= 0.3 is 0 Å². The zero-order valence-electron chi connectivity index (χ0n) is 15.2. The molecular formula is C16H29N5O3S. The van der Waals surface area contributed by atoms with Gasteiger partial charge in [0.2, 0.25) is 17.7 Å². The minimum atomic E-state index is -0.681. The van der Waals surface area contributed by atoms with Gasteiger partial charge in [0.1, 0.15) is 10.9 Å². The number of rotatable bonds is 6. The Hall–Kier alpha value is -1.32. The van der Waals surface area contributed by atoms with E-state index >= 15 is 0 Å². The number of nitrogens with one attached hydrogen (secondary N) is 2. The summed E-state index contributed by atoms with van der Waals surface area (Å²) in [5.41, 5.74) is 11.3. The molecule has 2 saturated heterocycles. The largest absolute Gasteiger partial charge is 0.368 e. The van der Waals surface area contributed by atoms with Crippen molar-refractivity contribution in [1.29, 1.82) is 0 Å². The summed E-state index contributed by atoms with van der Waals surface area (Å²) >= 11 is 1.63. The lowest BCUT2D eigenvalue weighted by molar-refractivity contribution is -0.139. The Morgan fingerprint density at radius 2 is 1.80 bits per heavy atom. The number of likely N-dealkylation sites (tertiary alicyclic amines) is 1. The highest BCUT2D eigenvalue weighted by Gasteiger charge is 2.52. The summed E-state index contributed by atoms with van der Waals surface area (Å²) in [5, 5.41) is 6.02. The molecule has 2 rings (SSSR count). The Morgan fingerprint density at radius 1 is 1.20 bits per heavy atom. The van der Waals surface area contributed by atoms with Crippen LogP contribution in [0.2, 0.25) is 0 Å². The summed E-state index contributed by atoms with van der Waals surface area (Å²) in [4.78, 5) is 37.5. The predicted molar refractivity (Wildman–Crippen MR) is 97.5 cm³/mol. The average molecular weight is 372 g/mol. The molecule has 0 aliphatic carbocycles. The highest BCUT2D eigenvalue weighted by molar-refractivity contribution is 8.01. The van der Waals surface area contributed by atoms with Crippen molar-refractivity contribution in [3.8, 4) is 0 Å². The molecule has 0 radical (unpaired) electrons. The molecule has 2 aliphatic heterocycles. The summed E-state index contributed by atoms with van der Waals surface area (Å²) in [6, 6.07) is -1.58. The quantitative estimate of drug-likeness (QED) is 0.466. The molecule has 1 unspecified atom stereocenters. The predicted octanol–water partition coefficient (Wildman–Crippen LogP) is -1.16. The highest BCUT2D eigenvalue weighted by atomic mass is 32.2. The van der Waals surface area contributed by atoms with Crippen molar-refractivity contribution in [3.63, 3.8) is 0 Å². The van der Waals surface area contributed by atoms with Crippen LogP contribution in [-0.2, 0) is 14.4 Å². The molecule has 0 aromatic rings. The van der Waals surface area contributed by atoms with Crippen LogP contribution in [0.25, 0.3) is 0 Å². The van der Waals surface area contributed by atoms with Gasteiger partial charge in [-0.25, -0.2) is 0 Å². The standard InChI is InChI=1S/C16H29N5O3S/c1-8(2)11(17)15(24)21-6-16(7-21)20-10(5-25-16)14(23)19-12(9(3)4)13(18)22/h8-12,20H,5-7,17H2,1-4H3,(H2,18,22)(H,19,23)/t10?,11-,12-/m0/s1. The molecule has 3 amide bonds. The van der Waals surface area contributed by atoms with Crippen LogP contribution in [0.4, 0.5) is 0 Å². The second-order valence-electron chi connectivity index (χ2n) is 7.60. The van der Waals surface area contributed by atoms with Crippen LogP contribution in [0.1, 0.15) is 27.7 Å². The van der Waals surface area contributed by atoms with Crippen molar-refractivity contribution in [1.82, 2.24) is 15.5 Å². The molecule has 142 valence electrons. The highest BCUT2D eigenvalue weighted by Crippen LogP contribution is 2.38. The maximum absolute atomic E-state index is 12.4. The molecule has 6 N–H and O–H groups in total. The summed E-state index contributed by atoms with van der Waals surface area (Å²) in [6.07, 6.45) is 0. The van der Waals surface area contributed by atoms with Gasteiger partial charge in [0.25, 0.3) is 0 Å². The van der Waals surface area contributed by atoms with Gasteiger partial charge in [0.15, 0.2) is 0 Å². The zero-order valence-corrected chi connectivity index (χ0v) is 16.1. The number of nitrogens with two attached hydrogens (primary N) is 2. The van der Waals surface area contributed by atoms with E-state index < -0.39 is 24.0 Å². The molecule has 1 spiro atoms. The fourth-order valence-corrected chi connectivity index (χ4v) is 4.45. The molecule has 25 heavy (non-hydrogen) atoms. The SMILES string of the molecule is CC(C)[C@H](N)C(=O)N1CC2(C1)NC(C(=O)N[C@H](C(N)=O)C(C)C)CS2. The molecule has 8 nitrogen and oxygen atoms in total. The Bertz CT molecular complexity index is 548. The van der Waals surface area contributed by atoms with Crippen LogP contribution in [0.15, 0.2) is 0 Å². The lowest BCUT2D eigenvalue weighted by Crippen LogP contribution is -2.70. The van der Waals surface area contributed by atoms with E-state index in [1.807, 2.05) is 27.7 Å². The monoisotopic (exact) mass is 371 g/mol. The number of primary amides is 1. The fraction of sp³-hybridized carbons (Fsp3) is 0.812. The van der Waals surface area contributed by atoms with Crippen LogP contribution < -0.4 is 22.1 Å². The molecule has 2 aliphatic rings. The van der Waals surface area contributed by atoms with E-state index in [4.69, 9.17) is 11.5 Å². The first-order valence-electron chi connectivity index (χ1n) is 8.62. The molecule has 0 aromatic carbocycles. The van der Waals surface area contributed by atoms with Crippen LogP contribution in [-0.4, -0.2) is 64.5 Å². The number of carbonyl (C=O) groups is 3. The van der Waals surface area contributed by atoms with Gasteiger partial charge in [-0.05, 0) is 11.8 Å². The number of hydrogen-bond donors (Lipinski definition) is 4. The summed E-state index contributed by atoms with van der Waals surface area (Å²) < 4.78 is 0. The second-order valence-corrected chi connectivity index (χ2v) is 9.00. The minimum absolute atomic E-state index is 0.0514. The average Bonchev–Trinajstić information content (AvgIpc) is 2.94. The molecule has 2 heterocycles. The number of thioether (sulfide) groups is 1. The fourth-order valence-electron chi connectivity index (χ4n) is 3.01. The van der Waals surface area contributed by atoms with E-state index in [9.17, 15) is 14.4 Å². The summed E-state index contributed by atoms with van der Waals surface area (Å²) in [6.45, 7) is 8.58. The molecule has 2 fully saturated rings.